The zero-order chi connectivity index (χ0) is 19.5. The number of rotatable bonds is 4. The molecule has 1 amide bonds. The Bertz CT molecular complexity index is 894. The Morgan fingerprint density at radius 2 is 2.08 bits per heavy atom. The van der Waals surface area contributed by atoms with E-state index >= 15 is 0 Å². The summed E-state index contributed by atoms with van der Waals surface area (Å²) in [6, 6.07) is 7.02. The predicted molar refractivity (Wildman–Crippen MR) is 94.2 cm³/mol. The van der Waals surface area contributed by atoms with Gasteiger partial charge < -0.3 is 5.32 Å². The van der Waals surface area contributed by atoms with E-state index in [0.29, 0.717) is 21.8 Å². The van der Waals surface area contributed by atoms with Gasteiger partial charge >= 0.3 is 6.18 Å². The summed E-state index contributed by atoms with van der Waals surface area (Å²) in [7, 11) is 0. The van der Waals surface area contributed by atoms with Gasteiger partial charge in [-0.2, -0.15) is 18.4 Å². The summed E-state index contributed by atoms with van der Waals surface area (Å²) >= 11 is 6.79. The quantitative estimate of drug-likeness (QED) is 0.737. The van der Waals surface area contributed by atoms with Crippen LogP contribution in [0.5, 0.6) is 0 Å². The fourth-order valence-corrected chi connectivity index (χ4v) is 3.36. The number of carbonyl (C=O) groups excluding carboxylic acids is 1. The van der Waals surface area contributed by atoms with Gasteiger partial charge in [-0.1, -0.05) is 29.4 Å². The molecule has 1 N–H and O–H groups in total. The predicted octanol–water partition coefficient (Wildman–Crippen LogP) is 4.97. The lowest BCUT2D eigenvalue weighted by Crippen LogP contribution is -2.18. The summed E-state index contributed by atoms with van der Waals surface area (Å²) in [4.78, 5) is 16.3. The van der Waals surface area contributed by atoms with Crippen molar-refractivity contribution in [2.24, 2.45) is 0 Å². The van der Waals surface area contributed by atoms with E-state index in [-0.39, 0.29) is 10.8 Å². The molecule has 136 valence electrons. The van der Waals surface area contributed by atoms with Crippen molar-refractivity contribution < 1.29 is 18.0 Å². The number of nitriles is 1. The number of aromatic nitrogens is 1. The average molecular weight is 400 g/mol. The van der Waals surface area contributed by atoms with Crippen molar-refractivity contribution in [2.45, 2.75) is 25.0 Å². The molecule has 0 radical (unpaired) electrons. The van der Waals surface area contributed by atoms with Gasteiger partial charge in [0.2, 0.25) is 5.91 Å². The SMILES string of the molecule is Cc1cc(C)c(C#N)c(SCC(=O)Nc2c(Cl)cccc2C(F)(F)F)n1. The molecule has 1 aromatic carbocycles. The molecule has 0 spiro atoms. The molecule has 0 aliphatic carbocycles. The van der Waals surface area contributed by atoms with Gasteiger partial charge in [0.1, 0.15) is 11.1 Å². The van der Waals surface area contributed by atoms with Crippen molar-refractivity contribution in [3.05, 3.63) is 51.7 Å². The van der Waals surface area contributed by atoms with Gasteiger partial charge in [0, 0.05) is 5.69 Å². The fourth-order valence-electron chi connectivity index (χ4n) is 2.24. The highest BCUT2D eigenvalue weighted by Gasteiger charge is 2.34. The number of benzene rings is 1. The first kappa shape index (κ1) is 20.1. The summed E-state index contributed by atoms with van der Waals surface area (Å²) in [5, 5.41) is 11.6. The molecule has 4 nitrogen and oxygen atoms in total. The van der Waals surface area contributed by atoms with E-state index < -0.39 is 23.3 Å². The lowest BCUT2D eigenvalue weighted by molar-refractivity contribution is -0.137. The number of alkyl halides is 3. The minimum Gasteiger partial charge on any atom is -0.324 e. The minimum absolute atomic E-state index is 0.208. The van der Waals surface area contributed by atoms with Crippen LogP contribution in [0.4, 0.5) is 18.9 Å². The highest BCUT2D eigenvalue weighted by atomic mass is 35.5. The largest absolute Gasteiger partial charge is 0.418 e. The molecule has 9 heteroatoms. The zero-order valence-electron chi connectivity index (χ0n) is 13.7. The van der Waals surface area contributed by atoms with E-state index in [1.54, 1.807) is 19.9 Å². The Morgan fingerprint density at radius 3 is 2.69 bits per heavy atom. The molecule has 0 saturated carbocycles. The Kier molecular flexibility index (Phi) is 6.16. The Balaban J connectivity index is 2.19. The van der Waals surface area contributed by atoms with Gasteiger partial charge in [-0.25, -0.2) is 4.98 Å². The molecule has 2 aromatic rings. The van der Waals surface area contributed by atoms with Crippen LogP contribution in [0.15, 0.2) is 29.3 Å². The molecule has 0 atom stereocenters. The third kappa shape index (κ3) is 4.68. The Labute approximate surface area is 157 Å². The van der Waals surface area contributed by atoms with E-state index in [4.69, 9.17) is 11.6 Å². The number of hydrogen-bond acceptors (Lipinski definition) is 4. The number of aryl methyl sites for hydroxylation is 2. The Hall–Kier alpha value is -2.24. The molecule has 26 heavy (non-hydrogen) atoms. The van der Waals surface area contributed by atoms with Gasteiger partial charge in [0.15, 0.2) is 0 Å². The van der Waals surface area contributed by atoms with Crippen LogP contribution in [-0.2, 0) is 11.0 Å². The molecule has 0 bridgehead atoms. The molecular weight excluding hydrogens is 387 g/mol. The number of thioether (sulfide) groups is 1. The van der Waals surface area contributed by atoms with Gasteiger partial charge in [0.25, 0.3) is 0 Å². The first-order valence-corrected chi connectivity index (χ1v) is 8.66. The maximum atomic E-state index is 13.1. The molecule has 2 rings (SSSR count). The number of nitrogens with one attached hydrogen (secondary N) is 1. The van der Waals surface area contributed by atoms with Crippen molar-refractivity contribution >= 4 is 35.0 Å². The number of anilines is 1. The van der Waals surface area contributed by atoms with E-state index in [0.717, 1.165) is 23.9 Å². The van der Waals surface area contributed by atoms with Crippen LogP contribution in [0.3, 0.4) is 0 Å². The fraction of sp³-hybridized carbons (Fsp3) is 0.235. The van der Waals surface area contributed by atoms with Crippen molar-refractivity contribution in [3.63, 3.8) is 0 Å². The van der Waals surface area contributed by atoms with Crippen molar-refractivity contribution in [1.29, 1.82) is 5.26 Å². The number of para-hydroxylation sites is 1. The van der Waals surface area contributed by atoms with Crippen LogP contribution in [0.1, 0.15) is 22.4 Å². The molecule has 0 unspecified atom stereocenters. The molecule has 0 aliphatic rings. The van der Waals surface area contributed by atoms with Crippen LogP contribution < -0.4 is 5.32 Å². The number of carbonyl (C=O) groups is 1. The summed E-state index contributed by atoms with van der Waals surface area (Å²) in [6.07, 6.45) is -4.65. The van der Waals surface area contributed by atoms with Crippen LogP contribution in [-0.4, -0.2) is 16.6 Å². The molecule has 0 aliphatic heterocycles. The lowest BCUT2D eigenvalue weighted by atomic mass is 10.1. The van der Waals surface area contributed by atoms with Crippen LogP contribution in [0, 0.1) is 25.2 Å². The molecule has 0 fully saturated rings. The van der Waals surface area contributed by atoms with Crippen molar-refractivity contribution in [2.75, 3.05) is 11.1 Å². The Morgan fingerprint density at radius 1 is 1.38 bits per heavy atom. The third-order valence-electron chi connectivity index (χ3n) is 3.35. The summed E-state index contributed by atoms with van der Waals surface area (Å²) in [6.45, 7) is 3.49. The molecule has 1 aromatic heterocycles. The van der Waals surface area contributed by atoms with Gasteiger partial charge in [-0.3, -0.25) is 4.79 Å². The molecule has 0 saturated heterocycles. The van der Waals surface area contributed by atoms with Crippen molar-refractivity contribution in [3.8, 4) is 6.07 Å². The van der Waals surface area contributed by atoms with Gasteiger partial charge in [-0.15, -0.1) is 0 Å². The normalized spacial score (nSPS) is 11.1. The van der Waals surface area contributed by atoms with Crippen LogP contribution in [0.2, 0.25) is 5.02 Å². The summed E-state index contributed by atoms with van der Waals surface area (Å²) < 4.78 is 39.2. The van der Waals surface area contributed by atoms with Crippen LogP contribution >= 0.6 is 23.4 Å². The standard InChI is InChI=1S/C17H13ClF3N3OS/c1-9-6-10(2)23-16(11(9)7-22)26-8-14(25)24-15-12(17(19,20)21)4-3-5-13(15)18/h3-6H,8H2,1-2H3,(H,24,25). The zero-order valence-corrected chi connectivity index (χ0v) is 15.3. The highest BCUT2D eigenvalue weighted by Crippen LogP contribution is 2.38. The van der Waals surface area contributed by atoms with E-state index in [1.807, 2.05) is 6.07 Å². The molecule has 1 heterocycles. The van der Waals surface area contributed by atoms with E-state index in [9.17, 15) is 23.2 Å². The lowest BCUT2D eigenvalue weighted by Gasteiger charge is -2.15. The van der Waals surface area contributed by atoms with Crippen LogP contribution in [0.25, 0.3) is 0 Å². The van der Waals surface area contributed by atoms with Gasteiger partial charge in [0.05, 0.1) is 27.6 Å². The second-order valence-electron chi connectivity index (χ2n) is 5.37. The van der Waals surface area contributed by atoms with E-state index in [2.05, 4.69) is 10.3 Å². The maximum absolute atomic E-state index is 13.1. The smallest absolute Gasteiger partial charge is 0.324 e. The first-order chi connectivity index (χ1) is 12.1. The number of nitrogens with zero attached hydrogens (tertiary/aromatic N) is 2. The first-order valence-electron chi connectivity index (χ1n) is 7.30. The number of hydrogen-bond donors (Lipinski definition) is 1. The monoisotopic (exact) mass is 399 g/mol. The second kappa shape index (κ2) is 7.98. The minimum atomic E-state index is -4.65. The number of amides is 1. The average Bonchev–Trinajstić information content (AvgIpc) is 2.53. The second-order valence-corrected chi connectivity index (χ2v) is 6.74. The van der Waals surface area contributed by atoms with E-state index in [1.165, 1.54) is 6.07 Å². The van der Waals surface area contributed by atoms with Gasteiger partial charge in [-0.05, 0) is 37.6 Å². The number of halogens is 4. The summed E-state index contributed by atoms with van der Waals surface area (Å²) in [5.74, 6) is -0.897. The summed E-state index contributed by atoms with van der Waals surface area (Å²) in [5.41, 5.74) is 0.220. The maximum Gasteiger partial charge on any atom is 0.418 e. The topological polar surface area (TPSA) is 65.8 Å². The number of pyridine rings is 1. The van der Waals surface area contributed by atoms with Crippen molar-refractivity contribution in [1.82, 2.24) is 4.98 Å². The third-order valence-corrected chi connectivity index (χ3v) is 4.64. The molecular formula is C17H13ClF3N3OS. The highest BCUT2D eigenvalue weighted by molar-refractivity contribution is 8.00.